The highest BCUT2D eigenvalue weighted by atomic mass is 127. The first-order valence-electron chi connectivity index (χ1n) is 7.96. The van der Waals surface area contributed by atoms with Crippen molar-refractivity contribution in [2.24, 2.45) is 10.9 Å². The van der Waals surface area contributed by atoms with Crippen molar-refractivity contribution < 1.29 is 4.74 Å². The monoisotopic (exact) mass is 421 g/mol. The average Bonchev–Trinajstić information content (AvgIpc) is 3.16. The Balaban J connectivity index is 0.00000242. The summed E-state index contributed by atoms with van der Waals surface area (Å²) in [6, 6.07) is 1.94. The van der Waals surface area contributed by atoms with E-state index in [1.54, 1.807) is 6.20 Å². The molecule has 0 aromatic carbocycles. The van der Waals surface area contributed by atoms with Crippen LogP contribution in [0.25, 0.3) is 0 Å². The summed E-state index contributed by atoms with van der Waals surface area (Å²) in [6.07, 6.45) is 7.44. The Morgan fingerprint density at radius 2 is 2.27 bits per heavy atom. The number of nitrogens with zero attached hydrogens (tertiary/aromatic N) is 3. The van der Waals surface area contributed by atoms with Crippen LogP contribution in [0.5, 0.6) is 0 Å². The Bertz CT molecular complexity index is 406. The number of aliphatic imine (C=N–C) groups is 1. The first-order valence-corrected chi connectivity index (χ1v) is 7.96. The van der Waals surface area contributed by atoms with Gasteiger partial charge in [-0.15, -0.1) is 24.0 Å². The molecule has 6 nitrogen and oxygen atoms in total. The third-order valence-electron chi connectivity index (χ3n) is 3.31. The number of aryl methyl sites for hydroxylation is 1. The van der Waals surface area contributed by atoms with Crippen LogP contribution in [0.15, 0.2) is 23.5 Å². The molecule has 1 aromatic rings. The Labute approximate surface area is 150 Å². The minimum absolute atomic E-state index is 0. The van der Waals surface area contributed by atoms with E-state index >= 15 is 0 Å². The van der Waals surface area contributed by atoms with Crippen LogP contribution in [0.4, 0.5) is 0 Å². The summed E-state index contributed by atoms with van der Waals surface area (Å²) < 4.78 is 7.54. The molecule has 1 saturated carbocycles. The van der Waals surface area contributed by atoms with E-state index in [1.807, 2.05) is 16.9 Å². The van der Waals surface area contributed by atoms with Crippen LogP contribution in [0, 0.1) is 5.92 Å². The summed E-state index contributed by atoms with van der Waals surface area (Å²) in [6.45, 7) is 7.10. The summed E-state index contributed by atoms with van der Waals surface area (Å²) in [7, 11) is 0. The molecule has 0 aliphatic heterocycles. The lowest BCUT2D eigenvalue weighted by Gasteiger charge is -2.11. The van der Waals surface area contributed by atoms with Crippen LogP contribution >= 0.6 is 24.0 Å². The van der Waals surface area contributed by atoms with Crippen molar-refractivity contribution in [1.29, 1.82) is 0 Å². The normalized spacial score (nSPS) is 14.5. The van der Waals surface area contributed by atoms with Crippen LogP contribution in [-0.4, -0.2) is 48.6 Å². The lowest BCUT2D eigenvalue weighted by molar-refractivity contribution is 0.129. The van der Waals surface area contributed by atoms with Gasteiger partial charge in [-0.1, -0.05) is 0 Å². The third kappa shape index (κ3) is 8.57. The molecule has 0 unspecified atom stereocenters. The lowest BCUT2D eigenvalue weighted by Crippen LogP contribution is -2.39. The Kier molecular flexibility index (Phi) is 10.2. The van der Waals surface area contributed by atoms with Crippen LogP contribution in [0.1, 0.15) is 26.2 Å². The Hall–Kier alpha value is -0.830. The molecular formula is C15H28IN5O. The molecule has 2 N–H and O–H groups in total. The molecule has 2 rings (SSSR count). The van der Waals surface area contributed by atoms with Gasteiger partial charge in [-0.25, -0.2) is 0 Å². The van der Waals surface area contributed by atoms with E-state index < -0.39 is 0 Å². The second kappa shape index (κ2) is 11.7. The van der Waals surface area contributed by atoms with Gasteiger partial charge in [0.05, 0.1) is 6.61 Å². The third-order valence-corrected chi connectivity index (χ3v) is 3.31. The van der Waals surface area contributed by atoms with Crippen LogP contribution in [-0.2, 0) is 11.3 Å². The molecule has 1 aromatic heterocycles. The largest absolute Gasteiger partial charge is 0.379 e. The van der Waals surface area contributed by atoms with Gasteiger partial charge in [-0.05, 0) is 38.2 Å². The second-order valence-electron chi connectivity index (χ2n) is 5.33. The van der Waals surface area contributed by atoms with Gasteiger partial charge in [0.25, 0.3) is 0 Å². The number of aromatic nitrogens is 2. The van der Waals surface area contributed by atoms with Crippen molar-refractivity contribution in [3.63, 3.8) is 0 Å². The van der Waals surface area contributed by atoms with Crippen molar-refractivity contribution in [2.45, 2.75) is 32.7 Å². The number of rotatable bonds is 10. The highest BCUT2D eigenvalue weighted by molar-refractivity contribution is 14.0. The summed E-state index contributed by atoms with van der Waals surface area (Å²) in [5, 5.41) is 10.7. The van der Waals surface area contributed by atoms with E-state index in [0.717, 1.165) is 57.7 Å². The number of ether oxygens (including phenoxy) is 1. The summed E-state index contributed by atoms with van der Waals surface area (Å²) in [5.41, 5.74) is 0. The van der Waals surface area contributed by atoms with Crippen LogP contribution in [0.3, 0.4) is 0 Å². The molecule has 0 amide bonds. The highest BCUT2D eigenvalue weighted by Crippen LogP contribution is 2.28. The van der Waals surface area contributed by atoms with E-state index in [0.29, 0.717) is 0 Å². The molecular weight excluding hydrogens is 393 g/mol. The maximum Gasteiger partial charge on any atom is 0.191 e. The topological polar surface area (TPSA) is 63.5 Å². The molecule has 0 radical (unpaired) electrons. The quantitative estimate of drug-likeness (QED) is 0.262. The molecule has 22 heavy (non-hydrogen) atoms. The van der Waals surface area contributed by atoms with Gasteiger partial charge in [0.1, 0.15) is 0 Å². The molecule has 0 bridgehead atoms. The predicted octanol–water partition coefficient (Wildman–Crippen LogP) is 1.87. The van der Waals surface area contributed by atoms with Crippen molar-refractivity contribution in [3.05, 3.63) is 18.5 Å². The molecule has 1 aliphatic carbocycles. The van der Waals surface area contributed by atoms with Crippen LogP contribution in [0.2, 0.25) is 0 Å². The zero-order chi connectivity index (χ0) is 14.8. The maximum absolute atomic E-state index is 5.60. The Morgan fingerprint density at radius 1 is 1.41 bits per heavy atom. The van der Waals surface area contributed by atoms with Gasteiger partial charge in [0.2, 0.25) is 0 Å². The van der Waals surface area contributed by atoms with Gasteiger partial charge in [0.15, 0.2) is 5.96 Å². The summed E-state index contributed by atoms with van der Waals surface area (Å²) in [5.74, 6) is 1.70. The minimum atomic E-state index is 0. The number of guanidine groups is 1. The van der Waals surface area contributed by atoms with Crippen molar-refractivity contribution >= 4 is 29.9 Å². The number of nitrogens with one attached hydrogen (secondary N) is 2. The van der Waals surface area contributed by atoms with Crippen molar-refractivity contribution in [2.75, 3.05) is 32.8 Å². The zero-order valence-electron chi connectivity index (χ0n) is 13.3. The number of hydrogen-bond acceptors (Lipinski definition) is 3. The summed E-state index contributed by atoms with van der Waals surface area (Å²) >= 11 is 0. The first kappa shape index (κ1) is 19.2. The van der Waals surface area contributed by atoms with Crippen molar-refractivity contribution in [1.82, 2.24) is 20.4 Å². The minimum Gasteiger partial charge on any atom is -0.379 e. The first-order chi connectivity index (χ1) is 10.4. The molecule has 0 spiro atoms. The smallest absolute Gasteiger partial charge is 0.191 e. The number of halogens is 1. The fourth-order valence-corrected chi connectivity index (χ4v) is 1.97. The SMILES string of the molecule is CCNC(=NCCCn1cccn1)NCCOCC1CC1.I. The predicted molar refractivity (Wildman–Crippen MR) is 99.8 cm³/mol. The number of hydrogen-bond donors (Lipinski definition) is 2. The molecule has 1 aliphatic rings. The molecule has 1 heterocycles. The van der Waals surface area contributed by atoms with Gasteiger partial charge >= 0.3 is 0 Å². The fourth-order valence-electron chi connectivity index (χ4n) is 1.97. The molecule has 1 fully saturated rings. The molecule has 0 atom stereocenters. The maximum atomic E-state index is 5.60. The van der Waals surface area contributed by atoms with Gasteiger partial charge in [-0.2, -0.15) is 5.10 Å². The van der Waals surface area contributed by atoms with E-state index in [1.165, 1.54) is 12.8 Å². The Morgan fingerprint density at radius 3 is 2.95 bits per heavy atom. The van der Waals surface area contributed by atoms with Gasteiger partial charge in [-0.3, -0.25) is 9.67 Å². The fraction of sp³-hybridized carbons (Fsp3) is 0.733. The zero-order valence-corrected chi connectivity index (χ0v) is 15.7. The van der Waals surface area contributed by atoms with E-state index in [4.69, 9.17) is 4.74 Å². The standard InChI is InChI=1S/C15H27N5O.HI/c1-2-16-15(18-9-12-21-13-14-5-6-14)17-7-3-10-20-11-4-8-19-20;/h4,8,11,14H,2-3,5-7,9-10,12-13H2,1H3,(H2,16,17,18);1H. The lowest BCUT2D eigenvalue weighted by atomic mass is 10.4. The summed E-state index contributed by atoms with van der Waals surface area (Å²) in [4.78, 5) is 4.56. The van der Waals surface area contributed by atoms with E-state index in [2.05, 4.69) is 27.6 Å². The van der Waals surface area contributed by atoms with E-state index in [-0.39, 0.29) is 24.0 Å². The van der Waals surface area contributed by atoms with Gasteiger partial charge in [0, 0.05) is 45.2 Å². The van der Waals surface area contributed by atoms with Gasteiger partial charge < -0.3 is 15.4 Å². The average molecular weight is 421 g/mol. The second-order valence-corrected chi connectivity index (χ2v) is 5.33. The molecule has 126 valence electrons. The molecule has 0 saturated heterocycles. The van der Waals surface area contributed by atoms with E-state index in [9.17, 15) is 0 Å². The molecule has 7 heteroatoms. The van der Waals surface area contributed by atoms with Crippen molar-refractivity contribution in [3.8, 4) is 0 Å². The highest BCUT2D eigenvalue weighted by Gasteiger charge is 2.20. The van der Waals surface area contributed by atoms with Crippen LogP contribution < -0.4 is 10.6 Å².